The monoisotopic (exact) mass is 369 g/mol. The molecule has 1 amide bonds. The van der Waals surface area contributed by atoms with Crippen LogP contribution in [0.5, 0.6) is 0 Å². The van der Waals surface area contributed by atoms with Gasteiger partial charge in [0.25, 0.3) is 0 Å². The Bertz CT molecular complexity index is 963. The number of rotatable bonds is 6. The standard InChI is InChI=1S/C18H19N5O2S/c1-12-13(2)23(10-14-5-4-8-25-14)17(15(12)9-19)21-16(24)11-26-18-20-6-7-22(18)3/h4-8H,10-11H2,1-3H3,(H,21,24). The summed E-state index contributed by atoms with van der Waals surface area (Å²) >= 11 is 1.35. The zero-order valence-corrected chi connectivity index (χ0v) is 15.6. The molecule has 7 nitrogen and oxygen atoms in total. The molecule has 1 N–H and O–H groups in total. The van der Waals surface area contributed by atoms with Gasteiger partial charge in [-0.05, 0) is 31.5 Å². The molecule has 0 aliphatic carbocycles. The third-order valence-corrected chi connectivity index (χ3v) is 5.26. The van der Waals surface area contributed by atoms with Crippen LogP contribution >= 0.6 is 11.8 Å². The highest BCUT2D eigenvalue weighted by atomic mass is 32.2. The van der Waals surface area contributed by atoms with E-state index in [2.05, 4.69) is 16.4 Å². The normalized spacial score (nSPS) is 10.7. The van der Waals surface area contributed by atoms with Gasteiger partial charge in [0.2, 0.25) is 5.91 Å². The molecular formula is C18H19N5O2S. The predicted octanol–water partition coefficient (Wildman–Crippen LogP) is 3.08. The minimum absolute atomic E-state index is 0.187. The maximum Gasteiger partial charge on any atom is 0.235 e. The molecule has 0 saturated carbocycles. The minimum Gasteiger partial charge on any atom is -0.467 e. The van der Waals surface area contributed by atoms with E-state index in [0.717, 1.165) is 22.2 Å². The fraction of sp³-hybridized carbons (Fsp3) is 0.278. The van der Waals surface area contributed by atoms with Crippen molar-refractivity contribution >= 4 is 23.5 Å². The lowest BCUT2D eigenvalue weighted by Crippen LogP contribution is -2.18. The summed E-state index contributed by atoms with van der Waals surface area (Å²) in [6.07, 6.45) is 5.12. The van der Waals surface area contributed by atoms with E-state index in [9.17, 15) is 10.1 Å². The summed E-state index contributed by atoms with van der Waals surface area (Å²) in [4.78, 5) is 16.6. The van der Waals surface area contributed by atoms with Crippen molar-refractivity contribution < 1.29 is 9.21 Å². The Morgan fingerprint density at radius 2 is 2.27 bits per heavy atom. The van der Waals surface area contributed by atoms with Crippen LogP contribution in [-0.4, -0.2) is 25.8 Å². The molecule has 3 aromatic rings. The Morgan fingerprint density at radius 3 is 2.88 bits per heavy atom. The quantitative estimate of drug-likeness (QED) is 0.675. The van der Waals surface area contributed by atoms with Crippen LogP contribution in [0.25, 0.3) is 0 Å². The summed E-state index contributed by atoms with van der Waals surface area (Å²) < 4.78 is 9.17. The molecule has 8 heteroatoms. The Morgan fingerprint density at radius 1 is 1.46 bits per heavy atom. The molecular weight excluding hydrogens is 350 g/mol. The maximum atomic E-state index is 12.4. The Hall–Kier alpha value is -2.92. The number of amides is 1. The number of thioether (sulfide) groups is 1. The van der Waals surface area contributed by atoms with Crippen LogP contribution in [0.4, 0.5) is 5.82 Å². The second-order valence-electron chi connectivity index (χ2n) is 5.87. The van der Waals surface area contributed by atoms with Crippen LogP contribution < -0.4 is 5.32 Å². The van der Waals surface area contributed by atoms with Crippen LogP contribution in [0.2, 0.25) is 0 Å². The van der Waals surface area contributed by atoms with Gasteiger partial charge < -0.3 is 18.9 Å². The molecule has 0 aromatic carbocycles. The Balaban J connectivity index is 1.81. The summed E-state index contributed by atoms with van der Waals surface area (Å²) in [5, 5.41) is 13.2. The molecule has 0 saturated heterocycles. The first-order valence-corrected chi connectivity index (χ1v) is 9.02. The SMILES string of the molecule is Cc1c(C#N)c(NC(=O)CSc2nccn2C)n(Cc2ccco2)c1C. The fourth-order valence-corrected chi connectivity index (χ4v) is 3.41. The van der Waals surface area contributed by atoms with Crippen LogP contribution in [0, 0.1) is 25.2 Å². The maximum absolute atomic E-state index is 12.4. The number of carbonyl (C=O) groups excluding carboxylic acids is 1. The molecule has 0 radical (unpaired) electrons. The Kier molecular flexibility index (Phi) is 5.19. The topological polar surface area (TPSA) is 88.8 Å². The molecule has 3 aromatic heterocycles. The molecule has 3 rings (SSSR count). The molecule has 0 spiro atoms. The van der Waals surface area contributed by atoms with Gasteiger partial charge in [-0.15, -0.1) is 0 Å². The molecule has 0 aliphatic heterocycles. The third kappa shape index (κ3) is 3.53. The van der Waals surface area contributed by atoms with E-state index in [1.807, 2.05) is 48.4 Å². The average Bonchev–Trinajstić information content (AvgIpc) is 3.32. The van der Waals surface area contributed by atoms with Crippen molar-refractivity contribution in [3.8, 4) is 6.07 Å². The first-order chi connectivity index (χ1) is 12.5. The number of nitrogens with one attached hydrogen (secondary N) is 1. The number of hydrogen-bond acceptors (Lipinski definition) is 5. The molecule has 0 bridgehead atoms. The minimum atomic E-state index is -0.187. The summed E-state index contributed by atoms with van der Waals surface area (Å²) in [6.45, 7) is 4.26. The first-order valence-electron chi connectivity index (χ1n) is 8.03. The second kappa shape index (κ2) is 7.54. The van der Waals surface area contributed by atoms with Crippen LogP contribution in [-0.2, 0) is 18.4 Å². The lowest BCUT2D eigenvalue weighted by molar-refractivity contribution is -0.113. The molecule has 0 unspecified atom stereocenters. The lowest BCUT2D eigenvalue weighted by atomic mass is 10.2. The van der Waals surface area contributed by atoms with E-state index in [0.29, 0.717) is 17.9 Å². The molecule has 3 heterocycles. The van der Waals surface area contributed by atoms with Gasteiger partial charge in [-0.25, -0.2) is 4.98 Å². The van der Waals surface area contributed by atoms with Gasteiger partial charge >= 0.3 is 0 Å². The van der Waals surface area contributed by atoms with Crippen molar-refractivity contribution in [2.75, 3.05) is 11.1 Å². The van der Waals surface area contributed by atoms with Crippen molar-refractivity contribution in [1.82, 2.24) is 14.1 Å². The second-order valence-corrected chi connectivity index (χ2v) is 6.81. The Labute approximate surface area is 155 Å². The third-order valence-electron chi connectivity index (χ3n) is 4.20. The highest BCUT2D eigenvalue weighted by molar-refractivity contribution is 7.99. The smallest absolute Gasteiger partial charge is 0.235 e. The van der Waals surface area contributed by atoms with Crippen LogP contribution in [0.3, 0.4) is 0 Å². The number of nitriles is 1. The number of hydrogen-bond donors (Lipinski definition) is 1. The number of imidazole rings is 1. The van der Waals surface area contributed by atoms with E-state index in [1.165, 1.54) is 11.8 Å². The van der Waals surface area contributed by atoms with Gasteiger partial charge in [0.15, 0.2) is 5.16 Å². The first kappa shape index (κ1) is 17.9. The highest BCUT2D eigenvalue weighted by Crippen LogP contribution is 2.28. The number of aromatic nitrogens is 3. The number of aryl methyl sites for hydroxylation is 1. The molecule has 0 atom stereocenters. The summed E-state index contributed by atoms with van der Waals surface area (Å²) in [5.74, 6) is 1.28. The molecule has 0 aliphatic rings. The molecule has 0 fully saturated rings. The van der Waals surface area contributed by atoms with E-state index >= 15 is 0 Å². The number of nitrogens with zero attached hydrogens (tertiary/aromatic N) is 4. The number of carbonyl (C=O) groups is 1. The van der Waals surface area contributed by atoms with E-state index in [4.69, 9.17) is 4.42 Å². The zero-order valence-electron chi connectivity index (χ0n) is 14.8. The zero-order chi connectivity index (χ0) is 18.7. The molecule has 134 valence electrons. The van der Waals surface area contributed by atoms with Crippen LogP contribution in [0.15, 0.2) is 40.4 Å². The van der Waals surface area contributed by atoms with Gasteiger partial charge in [0.05, 0.1) is 24.1 Å². The number of anilines is 1. The average molecular weight is 369 g/mol. The van der Waals surface area contributed by atoms with E-state index in [1.54, 1.807) is 12.5 Å². The van der Waals surface area contributed by atoms with Crippen molar-refractivity contribution in [3.63, 3.8) is 0 Å². The van der Waals surface area contributed by atoms with Crippen molar-refractivity contribution in [2.24, 2.45) is 7.05 Å². The predicted molar refractivity (Wildman–Crippen MR) is 99.0 cm³/mol. The van der Waals surface area contributed by atoms with Gasteiger partial charge in [-0.1, -0.05) is 11.8 Å². The summed E-state index contributed by atoms with van der Waals surface area (Å²) in [6, 6.07) is 5.88. The van der Waals surface area contributed by atoms with Gasteiger partial charge in [-0.3, -0.25) is 4.79 Å². The highest BCUT2D eigenvalue weighted by Gasteiger charge is 2.20. The van der Waals surface area contributed by atoms with Gasteiger partial charge in [0, 0.05) is 25.1 Å². The van der Waals surface area contributed by atoms with Crippen molar-refractivity contribution in [2.45, 2.75) is 25.5 Å². The van der Waals surface area contributed by atoms with Gasteiger partial charge in [0.1, 0.15) is 17.6 Å². The van der Waals surface area contributed by atoms with Crippen molar-refractivity contribution in [1.29, 1.82) is 5.26 Å². The summed E-state index contributed by atoms with van der Waals surface area (Å²) in [7, 11) is 1.88. The van der Waals surface area contributed by atoms with E-state index in [-0.39, 0.29) is 11.7 Å². The van der Waals surface area contributed by atoms with Gasteiger partial charge in [-0.2, -0.15) is 5.26 Å². The fourth-order valence-electron chi connectivity index (χ4n) is 2.68. The largest absolute Gasteiger partial charge is 0.467 e. The number of furan rings is 1. The van der Waals surface area contributed by atoms with Crippen molar-refractivity contribution in [3.05, 3.63) is 53.4 Å². The summed E-state index contributed by atoms with van der Waals surface area (Å²) in [5.41, 5.74) is 2.25. The lowest BCUT2D eigenvalue weighted by Gasteiger charge is -2.12. The van der Waals surface area contributed by atoms with Crippen LogP contribution in [0.1, 0.15) is 22.6 Å². The van der Waals surface area contributed by atoms with E-state index < -0.39 is 0 Å². The molecule has 26 heavy (non-hydrogen) atoms.